The number of pyridine rings is 1. The lowest BCUT2D eigenvalue weighted by Gasteiger charge is -2.36. The van der Waals surface area contributed by atoms with Gasteiger partial charge in [0, 0.05) is 31.5 Å². The van der Waals surface area contributed by atoms with Crippen LogP contribution in [0.25, 0.3) is 0 Å². The van der Waals surface area contributed by atoms with Crippen LogP contribution in [-0.2, 0) is 0 Å². The summed E-state index contributed by atoms with van der Waals surface area (Å²) in [5, 5.41) is 0. The summed E-state index contributed by atoms with van der Waals surface area (Å²) >= 11 is 0. The number of carbonyl (C=O) groups is 1. The molecule has 2 N–H and O–H groups in total. The van der Waals surface area contributed by atoms with Crippen LogP contribution in [0.1, 0.15) is 15.9 Å². The topological polar surface area (TPSA) is 59.2 Å². The number of hydrogen-bond donors (Lipinski definition) is 1. The molecular formula is C10H13N3O. The lowest BCUT2D eigenvalue weighted by Crippen LogP contribution is -2.57. The van der Waals surface area contributed by atoms with E-state index in [-0.39, 0.29) is 11.9 Å². The highest BCUT2D eigenvalue weighted by molar-refractivity contribution is 5.94. The predicted octanol–water partition coefficient (Wildman–Crippen LogP) is 0.173. The van der Waals surface area contributed by atoms with E-state index in [1.807, 2.05) is 13.0 Å². The SMILES string of the molecule is Cc1cncc(C(=O)N2CC(N)C2)c1. The normalized spacial score (nSPS) is 16.6. The fourth-order valence-electron chi connectivity index (χ4n) is 1.53. The molecule has 0 saturated carbocycles. The van der Waals surface area contributed by atoms with Gasteiger partial charge in [-0.25, -0.2) is 0 Å². The molecule has 1 aliphatic heterocycles. The van der Waals surface area contributed by atoms with Crippen molar-refractivity contribution >= 4 is 5.91 Å². The van der Waals surface area contributed by atoms with Gasteiger partial charge >= 0.3 is 0 Å². The van der Waals surface area contributed by atoms with Gasteiger partial charge in [0.05, 0.1) is 5.56 Å². The summed E-state index contributed by atoms with van der Waals surface area (Å²) in [6.07, 6.45) is 3.33. The molecule has 0 spiro atoms. The van der Waals surface area contributed by atoms with Crippen LogP contribution in [0.3, 0.4) is 0 Å². The Balaban J connectivity index is 2.12. The van der Waals surface area contributed by atoms with Crippen LogP contribution < -0.4 is 5.73 Å². The van der Waals surface area contributed by atoms with Crippen molar-refractivity contribution in [2.45, 2.75) is 13.0 Å². The Bertz CT molecular complexity index is 358. The van der Waals surface area contributed by atoms with E-state index in [0.717, 1.165) is 5.56 Å². The summed E-state index contributed by atoms with van der Waals surface area (Å²) in [7, 11) is 0. The number of aryl methyl sites for hydroxylation is 1. The van der Waals surface area contributed by atoms with Gasteiger partial charge in [0.1, 0.15) is 0 Å². The summed E-state index contributed by atoms with van der Waals surface area (Å²) in [5.41, 5.74) is 7.26. The highest BCUT2D eigenvalue weighted by Gasteiger charge is 2.28. The molecule has 0 radical (unpaired) electrons. The summed E-state index contributed by atoms with van der Waals surface area (Å²) in [5.74, 6) is 0.0305. The first-order chi connectivity index (χ1) is 6.66. The standard InChI is InChI=1S/C10H13N3O/c1-7-2-8(4-12-3-7)10(14)13-5-9(11)6-13/h2-4,9H,5-6,11H2,1H3. The number of likely N-dealkylation sites (tertiary alicyclic amines) is 1. The second kappa shape index (κ2) is 3.38. The first-order valence-corrected chi connectivity index (χ1v) is 4.63. The van der Waals surface area contributed by atoms with E-state index in [9.17, 15) is 4.79 Å². The van der Waals surface area contributed by atoms with E-state index in [4.69, 9.17) is 5.73 Å². The number of rotatable bonds is 1. The van der Waals surface area contributed by atoms with Gasteiger partial charge in [-0.3, -0.25) is 9.78 Å². The summed E-state index contributed by atoms with van der Waals surface area (Å²) in [4.78, 5) is 17.5. The van der Waals surface area contributed by atoms with Crippen LogP contribution in [0.4, 0.5) is 0 Å². The van der Waals surface area contributed by atoms with Gasteiger partial charge in [0.2, 0.25) is 0 Å². The maximum atomic E-state index is 11.8. The molecule has 14 heavy (non-hydrogen) atoms. The fourth-order valence-corrected chi connectivity index (χ4v) is 1.53. The molecule has 1 fully saturated rings. The molecule has 4 heteroatoms. The number of amides is 1. The lowest BCUT2D eigenvalue weighted by atomic mass is 10.1. The van der Waals surface area contributed by atoms with E-state index in [2.05, 4.69) is 4.98 Å². The number of hydrogen-bond acceptors (Lipinski definition) is 3. The molecule has 0 aromatic carbocycles. The third-order valence-corrected chi connectivity index (χ3v) is 2.32. The van der Waals surface area contributed by atoms with Crippen LogP contribution in [0.2, 0.25) is 0 Å². The Kier molecular flexibility index (Phi) is 2.21. The number of carbonyl (C=O) groups excluding carboxylic acids is 1. The molecule has 1 aliphatic rings. The van der Waals surface area contributed by atoms with E-state index in [1.54, 1.807) is 17.3 Å². The van der Waals surface area contributed by atoms with Crippen LogP contribution >= 0.6 is 0 Å². The van der Waals surface area contributed by atoms with Crippen LogP contribution in [0.5, 0.6) is 0 Å². The molecular weight excluding hydrogens is 178 g/mol. The average molecular weight is 191 g/mol. The maximum absolute atomic E-state index is 11.8. The fraction of sp³-hybridized carbons (Fsp3) is 0.400. The van der Waals surface area contributed by atoms with Gasteiger partial charge in [-0.1, -0.05) is 0 Å². The smallest absolute Gasteiger partial charge is 0.255 e. The Morgan fingerprint density at radius 2 is 2.29 bits per heavy atom. The molecule has 1 aromatic rings. The molecule has 1 saturated heterocycles. The molecule has 0 bridgehead atoms. The van der Waals surface area contributed by atoms with Crippen molar-refractivity contribution in [3.05, 3.63) is 29.6 Å². The minimum absolute atomic E-state index is 0.0305. The molecule has 4 nitrogen and oxygen atoms in total. The largest absolute Gasteiger partial charge is 0.335 e. The number of nitrogens with zero attached hydrogens (tertiary/aromatic N) is 2. The minimum atomic E-state index is 0.0305. The molecule has 1 amide bonds. The van der Waals surface area contributed by atoms with Crippen molar-refractivity contribution in [1.29, 1.82) is 0 Å². The van der Waals surface area contributed by atoms with Gasteiger partial charge in [-0.2, -0.15) is 0 Å². The Hall–Kier alpha value is -1.42. The Morgan fingerprint density at radius 3 is 2.86 bits per heavy atom. The second-order valence-electron chi connectivity index (χ2n) is 3.72. The Morgan fingerprint density at radius 1 is 1.57 bits per heavy atom. The van der Waals surface area contributed by atoms with Crippen LogP contribution in [0.15, 0.2) is 18.5 Å². The molecule has 0 atom stereocenters. The van der Waals surface area contributed by atoms with Gasteiger partial charge in [0.15, 0.2) is 0 Å². The summed E-state index contributed by atoms with van der Waals surface area (Å²) in [6, 6.07) is 2.00. The van der Waals surface area contributed by atoms with E-state index >= 15 is 0 Å². The molecule has 0 aliphatic carbocycles. The molecule has 0 unspecified atom stereocenters. The maximum Gasteiger partial charge on any atom is 0.255 e. The van der Waals surface area contributed by atoms with Crippen molar-refractivity contribution in [3.63, 3.8) is 0 Å². The zero-order valence-electron chi connectivity index (χ0n) is 8.10. The minimum Gasteiger partial charge on any atom is -0.335 e. The van der Waals surface area contributed by atoms with Crippen molar-refractivity contribution < 1.29 is 4.79 Å². The summed E-state index contributed by atoms with van der Waals surface area (Å²) < 4.78 is 0. The predicted molar refractivity (Wildman–Crippen MR) is 52.9 cm³/mol. The second-order valence-corrected chi connectivity index (χ2v) is 3.72. The summed E-state index contributed by atoms with van der Waals surface area (Å²) in [6.45, 7) is 3.24. The van der Waals surface area contributed by atoms with Crippen molar-refractivity contribution in [3.8, 4) is 0 Å². The third-order valence-electron chi connectivity index (χ3n) is 2.32. The van der Waals surface area contributed by atoms with E-state index in [1.165, 1.54) is 0 Å². The quantitative estimate of drug-likeness (QED) is 0.688. The van der Waals surface area contributed by atoms with Crippen molar-refractivity contribution in [2.24, 2.45) is 5.73 Å². The molecule has 74 valence electrons. The van der Waals surface area contributed by atoms with Gasteiger partial charge in [0.25, 0.3) is 5.91 Å². The van der Waals surface area contributed by atoms with Crippen molar-refractivity contribution in [2.75, 3.05) is 13.1 Å². The first-order valence-electron chi connectivity index (χ1n) is 4.63. The Labute approximate surface area is 82.7 Å². The van der Waals surface area contributed by atoms with Crippen LogP contribution in [-0.4, -0.2) is 34.9 Å². The zero-order chi connectivity index (χ0) is 10.1. The first kappa shape index (κ1) is 9.15. The monoisotopic (exact) mass is 191 g/mol. The van der Waals surface area contributed by atoms with Crippen molar-refractivity contribution in [1.82, 2.24) is 9.88 Å². The number of nitrogens with two attached hydrogens (primary N) is 1. The molecule has 2 rings (SSSR count). The average Bonchev–Trinajstić information content (AvgIpc) is 2.12. The lowest BCUT2D eigenvalue weighted by molar-refractivity contribution is 0.0607. The zero-order valence-corrected chi connectivity index (χ0v) is 8.10. The van der Waals surface area contributed by atoms with Crippen LogP contribution in [0, 0.1) is 6.92 Å². The number of aromatic nitrogens is 1. The molecule has 2 heterocycles. The molecule has 1 aromatic heterocycles. The third kappa shape index (κ3) is 1.61. The van der Waals surface area contributed by atoms with E-state index in [0.29, 0.717) is 18.7 Å². The van der Waals surface area contributed by atoms with Gasteiger partial charge in [-0.05, 0) is 18.6 Å². The van der Waals surface area contributed by atoms with Gasteiger partial charge < -0.3 is 10.6 Å². The van der Waals surface area contributed by atoms with Gasteiger partial charge in [-0.15, -0.1) is 0 Å². The highest BCUT2D eigenvalue weighted by atomic mass is 16.2. The highest BCUT2D eigenvalue weighted by Crippen LogP contribution is 2.11. The van der Waals surface area contributed by atoms with E-state index < -0.39 is 0 Å².